The van der Waals surface area contributed by atoms with Crippen LogP contribution in [0.3, 0.4) is 0 Å². The topological polar surface area (TPSA) is 26.3 Å². The third-order valence-electron chi connectivity index (χ3n) is 2.54. The summed E-state index contributed by atoms with van der Waals surface area (Å²) in [6, 6.07) is 0. The summed E-state index contributed by atoms with van der Waals surface area (Å²) >= 11 is 5.49. The van der Waals surface area contributed by atoms with Gasteiger partial charge in [-0.1, -0.05) is 0 Å². The van der Waals surface area contributed by atoms with Crippen LogP contribution in [0.5, 0.6) is 0 Å². The van der Waals surface area contributed by atoms with Gasteiger partial charge < -0.3 is 4.74 Å². The molecule has 0 spiro atoms. The van der Waals surface area contributed by atoms with Crippen LogP contribution in [-0.4, -0.2) is 17.5 Å². The van der Waals surface area contributed by atoms with E-state index < -0.39 is 0 Å². The van der Waals surface area contributed by atoms with Gasteiger partial charge in [0.15, 0.2) is 0 Å². The van der Waals surface area contributed by atoms with E-state index in [1.807, 2.05) is 6.92 Å². The summed E-state index contributed by atoms with van der Waals surface area (Å²) < 4.78 is 5.40. The van der Waals surface area contributed by atoms with E-state index in [2.05, 4.69) is 0 Å². The zero-order chi connectivity index (χ0) is 9.73. The number of carbonyl (C=O) groups excluding carboxylic acids is 1. The van der Waals surface area contributed by atoms with Crippen molar-refractivity contribution in [1.29, 1.82) is 0 Å². The summed E-state index contributed by atoms with van der Waals surface area (Å²) in [4.78, 5) is 11.3. The highest BCUT2D eigenvalue weighted by Crippen LogP contribution is 2.32. The van der Waals surface area contributed by atoms with E-state index in [1.165, 1.54) is 12.8 Å². The van der Waals surface area contributed by atoms with Gasteiger partial charge in [-0.15, -0.1) is 11.6 Å². The Morgan fingerprint density at radius 2 is 2.08 bits per heavy atom. The van der Waals surface area contributed by atoms with E-state index in [0.29, 0.717) is 12.3 Å². The maximum Gasteiger partial charge on any atom is 0.306 e. The molecule has 0 unspecified atom stereocenters. The minimum atomic E-state index is -0.177. The van der Waals surface area contributed by atoms with Crippen molar-refractivity contribution in [2.45, 2.75) is 51.0 Å². The van der Waals surface area contributed by atoms with Crippen molar-refractivity contribution in [1.82, 2.24) is 0 Å². The Labute approximate surface area is 84.6 Å². The van der Waals surface area contributed by atoms with Gasteiger partial charge >= 0.3 is 5.97 Å². The predicted octanol–water partition coefficient (Wildman–Crippen LogP) is 2.88. The Bertz CT molecular complexity index is 174. The number of hydrogen-bond acceptors (Lipinski definition) is 2. The highest BCUT2D eigenvalue weighted by Gasteiger charge is 2.32. The van der Waals surface area contributed by atoms with Gasteiger partial charge in [-0.3, -0.25) is 4.79 Å². The number of alkyl halides is 1. The Hall–Kier alpha value is -0.240. The minimum Gasteiger partial charge on any atom is -0.459 e. The number of halogens is 1. The predicted molar refractivity (Wildman–Crippen MR) is 52.9 cm³/mol. The van der Waals surface area contributed by atoms with Crippen LogP contribution in [0.4, 0.5) is 0 Å². The molecule has 0 bridgehead atoms. The van der Waals surface area contributed by atoms with Gasteiger partial charge in [0.25, 0.3) is 0 Å². The van der Waals surface area contributed by atoms with Gasteiger partial charge in [-0.2, -0.15) is 0 Å². The first-order chi connectivity index (χ1) is 6.16. The first kappa shape index (κ1) is 10.8. The first-order valence-corrected chi connectivity index (χ1v) is 5.47. The van der Waals surface area contributed by atoms with Crippen LogP contribution in [0.1, 0.15) is 45.4 Å². The second-order valence-corrected chi connectivity index (χ2v) is 4.30. The van der Waals surface area contributed by atoms with Crippen LogP contribution < -0.4 is 0 Å². The van der Waals surface area contributed by atoms with Crippen molar-refractivity contribution in [3.8, 4) is 0 Å². The molecule has 0 aromatic carbocycles. The SMILES string of the molecule is CC1(OC(=O)CCCCl)CCCC1. The summed E-state index contributed by atoms with van der Waals surface area (Å²) in [7, 11) is 0. The molecule has 3 heteroatoms. The molecule has 1 rings (SSSR count). The van der Waals surface area contributed by atoms with E-state index in [-0.39, 0.29) is 11.6 Å². The molecule has 0 aromatic heterocycles. The normalized spacial score (nSPS) is 20.2. The molecule has 0 heterocycles. The fraction of sp³-hybridized carbons (Fsp3) is 0.900. The Morgan fingerprint density at radius 3 is 2.62 bits per heavy atom. The summed E-state index contributed by atoms with van der Waals surface area (Å²) in [5, 5.41) is 0. The van der Waals surface area contributed by atoms with Crippen LogP contribution in [0, 0.1) is 0 Å². The molecule has 13 heavy (non-hydrogen) atoms. The Morgan fingerprint density at radius 1 is 1.46 bits per heavy atom. The van der Waals surface area contributed by atoms with Crippen molar-refractivity contribution < 1.29 is 9.53 Å². The summed E-state index contributed by atoms with van der Waals surface area (Å²) in [6.45, 7) is 2.03. The van der Waals surface area contributed by atoms with Gasteiger partial charge in [0.05, 0.1) is 0 Å². The van der Waals surface area contributed by atoms with E-state index in [9.17, 15) is 4.79 Å². The molecule has 2 nitrogen and oxygen atoms in total. The molecule has 1 aliphatic carbocycles. The highest BCUT2D eigenvalue weighted by atomic mass is 35.5. The second-order valence-electron chi connectivity index (χ2n) is 3.92. The van der Waals surface area contributed by atoms with Gasteiger partial charge in [-0.25, -0.2) is 0 Å². The molecule has 0 saturated heterocycles. The first-order valence-electron chi connectivity index (χ1n) is 4.94. The van der Waals surface area contributed by atoms with E-state index >= 15 is 0 Å². The maximum atomic E-state index is 11.3. The smallest absolute Gasteiger partial charge is 0.306 e. The van der Waals surface area contributed by atoms with Gasteiger partial charge in [0.2, 0.25) is 0 Å². The molecule has 1 saturated carbocycles. The fourth-order valence-corrected chi connectivity index (χ4v) is 1.90. The molecule has 0 radical (unpaired) electrons. The summed E-state index contributed by atoms with van der Waals surface area (Å²) in [5.74, 6) is 0.441. The lowest BCUT2D eigenvalue weighted by Gasteiger charge is -2.23. The zero-order valence-electron chi connectivity index (χ0n) is 8.14. The van der Waals surface area contributed by atoms with E-state index in [4.69, 9.17) is 16.3 Å². The monoisotopic (exact) mass is 204 g/mol. The van der Waals surface area contributed by atoms with Crippen LogP contribution in [0.2, 0.25) is 0 Å². The van der Waals surface area contributed by atoms with Gasteiger partial charge in [0.1, 0.15) is 5.60 Å². The Balaban J connectivity index is 2.26. The Kier molecular flexibility index (Phi) is 4.04. The molecular weight excluding hydrogens is 188 g/mol. The van der Waals surface area contributed by atoms with Crippen molar-refractivity contribution >= 4 is 17.6 Å². The number of ether oxygens (including phenoxy) is 1. The molecule has 0 amide bonds. The third kappa shape index (κ3) is 3.55. The number of rotatable bonds is 4. The number of hydrogen-bond donors (Lipinski definition) is 0. The number of esters is 1. The average Bonchev–Trinajstić information content (AvgIpc) is 2.48. The zero-order valence-corrected chi connectivity index (χ0v) is 8.90. The third-order valence-corrected chi connectivity index (χ3v) is 2.80. The van der Waals surface area contributed by atoms with Crippen LogP contribution in [0.25, 0.3) is 0 Å². The maximum absolute atomic E-state index is 11.3. The molecule has 0 N–H and O–H groups in total. The molecule has 0 aromatic rings. The van der Waals surface area contributed by atoms with Crippen molar-refractivity contribution in [2.75, 3.05) is 5.88 Å². The second kappa shape index (κ2) is 4.85. The van der Waals surface area contributed by atoms with Crippen LogP contribution >= 0.6 is 11.6 Å². The lowest BCUT2D eigenvalue weighted by Crippen LogP contribution is -2.27. The molecule has 1 aliphatic rings. The summed E-state index contributed by atoms with van der Waals surface area (Å²) in [6.07, 6.45) is 5.56. The molecule has 1 fully saturated rings. The largest absolute Gasteiger partial charge is 0.459 e. The quantitative estimate of drug-likeness (QED) is 0.520. The van der Waals surface area contributed by atoms with Crippen molar-refractivity contribution in [2.24, 2.45) is 0 Å². The summed E-state index contributed by atoms with van der Waals surface area (Å²) in [5.41, 5.74) is -0.177. The van der Waals surface area contributed by atoms with E-state index in [0.717, 1.165) is 19.3 Å². The van der Waals surface area contributed by atoms with Crippen LogP contribution in [0.15, 0.2) is 0 Å². The lowest BCUT2D eigenvalue weighted by atomic mass is 10.1. The lowest BCUT2D eigenvalue weighted by molar-refractivity contribution is -0.157. The van der Waals surface area contributed by atoms with Gasteiger partial charge in [-0.05, 0) is 39.0 Å². The van der Waals surface area contributed by atoms with Crippen LogP contribution in [-0.2, 0) is 9.53 Å². The number of carbonyl (C=O) groups is 1. The average molecular weight is 205 g/mol. The van der Waals surface area contributed by atoms with E-state index in [1.54, 1.807) is 0 Å². The fourth-order valence-electron chi connectivity index (χ4n) is 1.76. The van der Waals surface area contributed by atoms with Crippen molar-refractivity contribution in [3.05, 3.63) is 0 Å². The minimum absolute atomic E-state index is 0.0925. The molecule has 0 atom stereocenters. The van der Waals surface area contributed by atoms with Crippen molar-refractivity contribution in [3.63, 3.8) is 0 Å². The highest BCUT2D eigenvalue weighted by molar-refractivity contribution is 6.17. The van der Waals surface area contributed by atoms with Gasteiger partial charge in [0, 0.05) is 12.3 Å². The standard InChI is InChI=1S/C10H17ClO2/c1-10(6-2-3-7-10)13-9(12)5-4-8-11/h2-8H2,1H3. The molecular formula is C10H17ClO2. The molecule has 0 aliphatic heterocycles. The molecule has 76 valence electrons.